The van der Waals surface area contributed by atoms with Crippen LogP contribution < -0.4 is 19.1 Å². The number of rotatable bonds is 13. The topological polar surface area (TPSA) is 105 Å². The van der Waals surface area contributed by atoms with E-state index < -0.39 is 28.5 Å². The highest BCUT2D eigenvalue weighted by Crippen LogP contribution is 2.36. The van der Waals surface area contributed by atoms with Crippen molar-refractivity contribution in [2.24, 2.45) is 0 Å². The van der Waals surface area contributed by atoms with Gasteiger partial charge in [-0.2, -0.15) is 0 Å². The lowest BCUT2D eigenvalue weighted by molar-refractivity contribution is -0.140. The van der Waals surface area contributed by atoms with Gasteiger partial charge in [0, 0.05) is 23.7 Å². The molecular weight excluding hydrogens is 566 g/mol. The van der Waals surface area contributed by atoms with Gasteiger partial charge in [-0.1, -0.05) is 48.9 Å². The van der Waals surface area contributed by atoms with Crippen LogP contribution in [-0.4, -0.2) is 58.0 Å². The van der Waals surface area contributed by atoms with Gasteiger partial charge in [-0.15, -0.1) is 0 Å². The molecule has 9 nitrogen and oxygen atoms in total. The van der Waals surface area contributed by atoms with E-state index in [9.17, 15) is 18.0 Å². The third-order valence-corrected chi connectivity index (χ3v) is 8.37. The van der Waals surface area contributed by atoms with Crippen LogP contribution in [0.15, 0.2) is 77.7 Å². The smallest absolute Gasteiger partial charge is 0.264 e. The average Bonchev–Trinajstić information content (AvgIpc) is 2.96. The molecule has 0 aliphatic heterocycles. The van der Waals surface area contributed by atoms with Crippen molar-refractivity contribution in [2.45, 2.75) is 50.7 Å². The Morgan fingerprint density at radius 2 is 1.61 bits per heavy atom. The van der Waals surface area contributed by atoms with Crippen molar-refractivity contribution in [3.05, 3.63) is 83.4 Å². The summed E-state index contributed by atoms with van der Waals surface area (Å²) >= 11 is 6.07. The first-order chi connectivity index (χ1) is 19.5. The van der Waals surface area contributed by atoms with Crippen LogP contribution in [0, 0.1) is 0 Å². The van der Waals surface area contributed by atoms with E-state index in [4.69, 9.17) is 21.1 Å². The summed E-state index contributed by atoms with van der Waals surface area (Å²) in [4.78, 5) is 28.8. The minimum Gasteiger partial charge on any atom is -0.497 e. The van der Waals surface area contributed by atoms with Crippen LogP contribution in [0.4, 0.5) is 5.69 Å². The third-order valence-electron chi connectivity index (χ3n) is 6.35. The summed E-state index contributed by atoms with van der Waals surface area (Å²) in [7, 11) is -1.39. The predicted octanol–water partition coefficient (Wildman–Crippen LogP) is 4.88. The molecule has 220 valence electrons. The summed E-state index contributed by atoms with van der Waals surface area (Å²) in [6.07, 6.45) is 0.311. The molecule has 41 heavy (non-hydrogen) atoms. The second-order valence-electron chi connectivity index (χ2n) is 9.60. The molecule has 0 aromatic heterocycles. The Bertz CT molecular complexity index is 1430. The van der Waals surface area contributed by atoms with Gasteiger partial charge < -0.3 is 19.7 Å². The van der Waals surface area contributed by atoms with Crippen LogP contribution in [0.5, 0.6) is 11.5 Å². The number of ether oxygens (including phenoxy) is 2. The number of nitrogens with one attached hydrogen (secondary N) is 1. The van der Waals surface area contributed by atoms with Crippen molar-refractivity contribution in [1.82, 2.24) is 10.2 Å². The van der Waals surface area contributed by atoms with E-state index in [-0.39, 0.29) is 34.8 Å². The maximum Gasteiger partial charge on any atom is 0.264 e. The zero-order valence-electron chi connectivity index (χ0n) is 23.8. The Morgan fingerprint density at radius 1 is 0.951 bits per heavy atom. The number of methoxy groups -OCH3 is 2. The van der Waals surface area contributed by atoms with E-state index in [1.54, 1.807) is 61.5 Å². The lowest BCUT2D eigenvalue weighted by atomic mass is 10.1. The van der Waals surface area contributed by atoms with Gasteiger partial charge in [-0.05, 0) is 62.2 Å². The third kappa shape index (κ3) is 7.92. The lowest BCUT2D eigenvalue weighted by Gasteiger charge is -2.34. The van der Waals surface area contributed by atoms with Crippen molar-refractivity contribution in [3.8, 4) is 11.5 Å². The second kappa shape index (κ2) is 14.2. The normalized spacial score (nSPS) is 12.0. The molecule has 0 fully saturated rings. The SMILES string of the molecule is CCC(C(=O)NC(C)C)N(Cc1ccc(Cl)cc1)C(=O)CN(c1cc(OC)ccc1OC)S(=O)(=O)c1ccccc1. The van der Waals surface area contributed by atoms with E-state index in [0.717, 1.165) is 9.87 Å². The van der Waals surface area contributed by atoms with Gasteiger partial charge in [-0.3, -0.25) is 13.9 Å². The number of benzene rings is 3. The van der Waals surface area contributed by atoms with Gasteiger partial charge in [0.2, 0.25) is 11.8 Å². The number of nitrogens with zero attached hydrogens (tertiary/aromatic N) is 2. The molecule has 0 radical (unpaired) electrons. The average molecular weight is 602 g/mol. The molecule has 1 atom stereocenters. The highest BCUT2D eigenvalue weighted by atomic mass is 35.5. The first-order valence-corrected chi connectivity index (χ1v) is 15.0. The Labute approximate surface area is 247 Å². The zero-order valence-corrected chi connectivity index (χ0v) is 25.4. The monoisotopic (exact) mass is 601 g/mol. The summed E-state index contributed by atoms with van der Waals surface area (Å²) in [5.74, 6) is -0.300. The Balaban J connectivity index is 2.13. The minimum atomic E-state index is -4.26. The fraction of sp³-hybridized carbons (Fsp3) is 0.333. The van der Waals surface area contributed by atoms with Gasteiger partial charge in [0.15, 0.2) is 0 Å². The number of anilines is 1. The van der Waals surface area contributed by atoms with Crippen LogP contribution >= 0.6 is 11.6 Å². The first-order valence-electron chi connectivity index (χ1n) is 13.2. The van der Waals surface area contributed by atoms with Crippen LogP contribution in [0.1, 0.15) is 32.8 Å². The largest absolute Gasteiger partial charge is 0.497 e. The molecule has 0 aliphatic rings. The van der Waals surface area contributed by atoms with E-state index in [1.807, 2.05) is 13.8 Å². The lowest BCUT2D eigenvalue weighted by Crippen LogP contribution is -2.53. The van der Waals surface area contributed by atoms with Crippen LogP contribution in [0.2, 0.25) is 5.02 Å². The molecule has 11 heteroatoms. The quantitative estimate of drug-likeness (QED) is 0.299. The zero-order chi connectivity index (χ0) is 30.2. The Kier molecular flexibility index (Phi) is 11.0. The predicted molar refractivity (Wildman–Crippen MR) is 160 cm³/mol. The summed E-state index contributed by atoms with van der Waals surface area (Å²) in [5, 5.41) is 3.41. The standard InChI is InChI=1S/C30H36ClN3O6S/c1-6-26(30(36)32-21(2)3)33(19-22-12-14-23(31)15-13-22)29(35)20-34(41(37,38)25-10-8-7-9-11-25)27-18-24(39-4)16-17-28(27)40-5/h7-18,21,26H,6,19-20H2,1-5H3,(H,32,36). The van der Waals surface area contributed by atoms with Gasteiger partial charge in [0.25, 0.3) is 10.0 Å². The number of halogens is 1. The minimum absolute atomic E-state index is 0.00786. The van der Waals surface area contributed by atoms with Gasteiger partial charge in [0.05, 0.1) is 24.8 Å². The maximum atomic E-state index is 14.2. The summed E-state index contributed by atoms with van der Waals surface area (Å²) in [6, 6.07) is 18.4. The van der Waals surface area contributed by atoms with Gasteiger partial charge in [0.1, 0.15) is 24.1 Å². The summed E-state index contributed by atoms with van der Waals surface area (Å²) < 4.78 is 39.9. The molecule has 0 heterocycles. The van der Waals surface area contributed by atoms with Crippen molar-refractivity contribution < 1.29 is 27.5 Å². The molecular formula is C30H36ClN3O6S. The van der Waals surface area contributed by atoms with Crippen LogP contribution in [-0.2, 0) is 26.2 Å². The molecule has 0 bridgehead atoms. The molecule has 0 saturated carbocycles. The van der Waals surface area contributed by atoms with Crippen LogP contribution in [0.3, 0.4) is 0 Å². The molecule has 1 N–H and O–H groups in total. The molecule has 3 rings (SSSR count). The fourth-order valence-corrected chi connectivity index (χ4v) is 5.87. The molecule has 3 aromatic carbocycles. The van der Waals surface area contributed by atoms with Crippen molar-refractivity contribution in [2.75, 3.05) is 25.1 Å². The van der Waals surface area contributed by atoms with E-state index in [1.165, 1.54) is 37.3 Å². The van der Waals surface area contributed by atoms with Crippen molar-refractivity contribution in [3.63, 3.8) is 0 Å². The highest BCUT2D eigenvalue weighted by molar-refractivity contribution is 7.92. The Hall–Kier alpha value is -3.76. The van der Waals surface area contributed by atoms with Crippen molar-refractivity contribution >= 4 is 39.1 Å². The van der Waals surface area contributed by atoms with E-state index in [0.29, 0.717) is 17.2 Å². The highest BCUT2D eigenvalue weighted by Gasteiger charge is 2.35. The Morgan fingerprint density at radius 3 is 2.17 bits per heavy atom. The molecule has 2 amide bonds. The number of sulfonamides is 1. The van der Waals surface area contributed by atoms with E-state index in [2.05, 4.69) is 5.32 Å². The molecule has 0 aliphatic carbocycles. The molecule has 3 aromatic rings. The van der Waals surface area contributed by atoms with Gasteiger partial charge in [-0.25, -0.2) is 8.42 Å². The molecule has 0 spiro atoms. The number of hydrogen-bond donors (Lipinski definition) is 1. The second-order valence-corrected chi connectivity index (χ2v) is 11.9. The number of carbonyl (C=O) groups excluding carboxylic acids is 2. The van der Waals surface area contributed by atoms with Crippen molar-refractivity contribution in [1.29, 1.82) is 0 Å². The van der Waals surface area contributed by atoms with Crippen LogP contribution in [0.25, 0.3) is 0 Å². The number of hydrogen-bond acceptors (Lipinski definition) is 6. The maximum absolute atomic E-state index is 14.2. The number of amides is 2. The fourth-order valence-electron chi connectivity index (χ4n) is 4.31. The number of carbonyl (C=O) groups is 2. The van der Waals surface area contributed by atoms with Gasteiger partial charge >= 0.3 is 0 Å². The summed E-state index contributed by atoms with van der Waals surface area (Å²) in [6.45, 7) is 4.93. The van der Waals surface area contributed by atoms with E-state index >= 15 is 0 Å². The molecule has 1 unspecified atom stereocenters. The molecule has 0 saturated heterocycles. The summed E-state index contributed by atoms with van der Waals surface area (Å²) in [5.41, 5.74) is 0.852. The first kappa shape index (κ1) is 31.8.